The summed E-state index contributed by atoms with van der Waals surface area (Å²) in [5, 5.41) is 0. The zero-order valence-corrected chi connectivity index (χ0v) is 16.2. The summed E-state index contributed by atoms with van der Waals surface area (Å²) in [5.74, 6) is -0.333. The second-order valence-electron chi connectivity index (χ2n) is 6.82. The summed E-state index contributed by atoms with van der Waals surface area (Å²) in [6, 6.07) is 2.06. The van der Waals surface area contributed by atoms with E-state index >= 15 is 0 Å². The van der Waals surface area contributed by atoms with Gasteiger partial charge in [0.25, 0.3) is 0 Å². The topological polar surface area (TPSA) is 71.9 Å². The lowest BCUT2D eigenvalue weighted by Gasteiger charge is -2.22. The number of methoxy groups -OCH3 is 1. The van der Waals surface area contributed by atoms with Gasteiger partial charge in [-0.1, -0.05) is 0 Å². The third kappa shape index (κ3) is 4.86. The summed E-state index contributed by atoms with van der Waals surface area (Å²) in [6.07, 6.45) is 1.40. The number of amides is 2. The monoisotopic (exact) mass is 363 g/mol. The van der Waals surface area contributed by atoms with Crippen LogP contribution in [0, 0.1) is 13.8 Å². The Morgan fingerprint density at radius 1 is 1.00 bits per heavy atom. The third-order valence-electron chi connectivity index (χ3n) is 5.19. The first-order valence-corrected chi connectivity index (χ1v) is 9.07. The largest absolute Gasteiger partial charge is 0.469 e. The van der Waals surface area contributed by atoms with Crippen molar-refractivity contribution in [2.75, 3.05) is 33.3 Å². The van der Waals surface area contributed by atoms with Crippen molar-refractivity contribution in [1.82, 2.24) is 14.4 Å². The predicted octanol–water partition coefficient (Wildman–Crippen LogP) is 1.20. The molecule has 0 radical (unpaired) electrons. The van der Waals surface area contributed by atoms with Gasteiger partial charge in [-0.25, -0.2) is 0 Å². The summed E-state index contributed by atoms with van der Waals surface area (Å²) in [6.45, 7) is 6.38. The van der Waals surface area contributed by atoms with Crippen molar-refractivity contribution in [2.45, 2.75) is 39.5 Å². The molecule has 1 fully saturated rings. The van der Waals surface area contributed by atoms with Gasteiger partial charge < -0.3 is 19.1 Å². The van der Waals surface area contributed by atoms with Gasteiger partial charge >= 0.3 is 5.97 Å². The Bertz CT molecular complexity index is 681. The molecular weight excluding hydrogens is 334 g/mol. The van der Waals surface area contributed by atoms with Crippen LogP contribution < -0.4 is 0 Å². The molecule has 0 bridgehead atoms. The lowest BCUT2D eigenvalue weighted by atomic mass is 10.1. The quantitative estimate of drug-likeness (QED) is 0.737. The minimum absolute atomic E-state index is 0.0563. The lowest BCUT2D eigenvalue weighted by molar-refractivity contribution is -0.143. The van der Waals surface area contributed by atoms with E-state index < -0.39 is 0 Å². The van der Waals surface area contributed by atoms with Crippen LogP contribution in [0.15, 0.2) is 6.07 Å². The average Bonchev–Trinajstić information content (AvgIpc) is 2.83. The number of ether oxygens (including phenoxy) is 1. The molecule has 7 heteroatoms. The molecule has 144 valence electrons. The van der Waals surface area contributed by atoms with Crippen LogP contribution in [0.1, 0.15) is 36.2 Å². The van der Waals surface area contributed by atoms with Crippen molar-refractivity contribution < 1.29 is 19.1 Å². The van der Waals surface area contributed by atoms with E-state index in [4.69, 9.17) is 0 Å². The molecule has 0 N–H and O–H groups in total. The lowest BCUT2D eigenvalue weighted by Crippen LogP contribution is -2.38. The maximum Gasteiger partial charge on any atom is 0.306 e. The van der Waals surface area contributed by atoms with E-state index in [1.165, 1.54) is 7.11 Å². The first kappa shape index (κ1) is 20.0. The highest BCUT2D eigenvalue weighted by Gasteiger charge is 2.23. The molecule has 0 saturated carbocycles. The number of nitrogens with zero attached hydrogens (tertiary/aromatic N) is 3. The molecule has 1 aromatic heterocycles. The molecule has 0 aliphatic carbocycles. The minimum atomic E-state index is -0.376. The maximum absolute atomic E-state index is 12.7. The molecular formula is C19H29N3O4. The number of esters is 1. The predicted molar refractivity (Wildman–Crippen MR) is 97.6 cm³/mol. The molecule has 2 amide bonds. The van der Waals surface area contributed by atoms with Crippen LogP contribution in [0.2, 0.25) is 0 Å². The first-order valence-electron chi connectivity index (χ1n) is 9.07. The van der Waals surface area contributed by atoms with Crippen molar-refractivity contribution in [3.63, 3.8) is 0 Å². The van der Waals surface area contributed by atoms with Crippen molar-refractivity contribution in [3.8, 4) is 0 Å². The smallest absolute Gasteiger partial charge is 0.306 e. The van der Waals surface area contributed by atoms with Gasteiger partial charge in [-0.15, -0.1) is 0 Å². The molecule has 0 aromatic carbocycles. The van der Waals surface area contributed by atoms with Gasteiger partial charge in [0, 0.05) is 51.0 Å². The zero-order chi connectivity index (χ0) is 19.3. The van der Waals surface area contributed by atoms with Crippen LogP contribution in [-0.4, -0.2) is 65.4 Å². The molecule has 0 spiro atoms. The molecule has 1 aliphatic rings. The molecule has 0 atom stereocenters. The summed E-state index contributed by atoms with van der Waals surface area (Å²) in [7, 11) is 3.32. The van der Waals surface area contributed by atoms with E-state index in [2.05, 4.69) is 15.4 Å². The highest BCUT2D eigenvalue weighted by atomic mass is 16.5. The van der Waals surface area contributed by atoms with Crippen molar-refractivity contribution in [1.29, 1.82) is 0 Å². The third-order valence-corrected chi connectivity index (χ3v) is 5.19. The van der Waals surface area contributed by atoms with Crippen molar-refractivity contribution in [2.24, 2.45) is 7.05 Å². The fourth-order valence-corrected chi connectivity index (χ4v) is 3.27. The molecule has 2 heterocycles. The van der Waals surface area contributed by atoms with E-state index in [9.17, 15) is 14.4 Å². The number of carbonyl (C=O) groups excluding carboxylic acids is 3. The molecule has 7 nitrogen and oxygen atoms in total. The standard InChI is InChI=1S/C19H29N3O4/c1-14-12-16(15(2)20(14)3)13-18(24)22-9-5-8-21(10-11-22)17(23)6-7-19(25)26-4/h12H,5-11,13H2,1-4H3. The molecule has 1 saturated heterocycles. The highest BCUT2D eigenvalue weighted by Crippen LogP contribution is 2.16. The van der Waals surface area contributed by atoms with E-state index in [0.29, 0.717) is 32.6 Å². The van der Waals surface area contributed by atoms with Gasteiger partial charge in [-0.3, -0.25) is 14.4 Å². The van der Waals surface area contributed by atoms with E-state index in [1.54, 1.807) is 4.90 Å². The summed E-state index contributed by atoms with van der Waals surface area (Å²) in [4.78, 5) is 39.7. The van der Waals surface area contributed by atoms with Crippen LogP contribution in [0.4, 0.5) is 0 Å². The number of carbonyl (C=O) groups is 3. The van der Waals surface area contributed by atoms with E-state index in [1.807, 2.05) is 25.8 Å². The Hall–Kier alpha value is -2.31. The van der Waals surface area contributed by atoms with Gasteiger partial charge in [-0.05, 0) is 31.9 Å². The van der Waals surface area contributed by atoms with Crippen LogP contribution in [0.3, 0.4) is 0 Å². The fourth-order valence-electron chi connectivity index (χ4n) is 3.27. The molecule has 26 heavy (non-hydrogen) atoms. The molecule has 1 aromatic rings. The van der Waals surface area contributed by atoms with Gasteiger partial charge in [0.2, 0.25) is 11.8 Å². The second-order valence-corrected chi connectivity index (χ2v) is 6.82. The number of hydrogen-bond donors (Lipinski definition) is 0. The zero-order valence-electron chi connectivity index (χ0n) is 16.2. The normalized spacial score (nSPS) is 14.9. The maximum atomic E-state index is 12.7. The fraction of sp³-hybridized carbons (Fsp3) is 0.632. The average molecular weight is 363 g/mol. The van der Waals surface area contributed by atoms with E-state index in [-0.39, 0.29) is 30.6 Å². The van der Waals surface area contributed by atoms with Gasteiger partial charge in [-0.2, -0.15) is 0 Å². The minimum Gasteiger partial charge on any atom is -0.469 e. The van der Waals surface area contributed by atoms with E-state index in [0.717, 1.165) is 23.4 Å². The summed E-state index contributed by atoms with van der Waals surface area (Å²) in [5.41, 5.74) is 3.32. The molecule has 0 unspecified atom stereocenters. The molecule has 1 aliphatic heterocycles. The van der Waals surface area contributed by atoms with Crippen LogP contribution in [0.25, 0.3) is 0 Å². The summed E-state index contributed by atoms with van der Waals surface area (Å²) >= 11 is 0. The van der Waals surface area contributed by atoms with Crippen LogP contribution >= 0.6 is 0 Å². The highest BCUT2D eigenvalue weighted by molar-refractivity contribution is 5.82. The summed E-state index contributed by atoms with van der Waals surface area (Å²) < 4.78 is 6.66. The van der Waals surface area contributed by atoms with Crippen LogP contribution in [-0.2, 0) is 32.6 Å². The Balaban J connectivity index is 1.89. The first-order chi connectivity index (χ1) is 12.3. The number of rotatable bonds is 5. The Morgan fingerprint density at radius 3 is 2.15 bits per heavy atom. The van der Waals surface area contributed by atoms with Gasteiger partial charge in [0.15, 0.2) is 0 Å². The van der Waals surface area contributed by atoms with Gasteiger partial charge in [0.05, 0.1) is 20.0 Å². The Labute approximate surface area is 154 Å². The molecule has 2 rings (SSSR count). The second kappa shape index (κ2) is 8.87. The van der Waals surface area contributed by atoms with Crippen LogP contribution in [0.5, 0.6) is 0 Å². The number of aryl methyl sites for hydroxylation is 1. The van der Waals surface area contributed by atoms with Crippen molar-refractivity contribution in [3.05, 3.63) is 23.0 Å². The Morgan fingerprint density at radius 2 is 1.62 bits per heavy atom. The number of aromatic nitrogens is 1. The SMILES string of the molecule is COC(=O)CCC(=O)N1CCCN(C(=O)Cc2cc(C)n(C)c2C)CC1. The number of hydrogen-bond acceptors (Lipinski definition) is 4. The van der Waals surface area contributed by atoms with Gasteiger partial charge in [0.1, 0.15) is 0 Å². The van der Waals surface area contributed by atoms with Crippen molar-refractivity contribution >= 4 is 17.8 Å². The Kier molecular flexibility index (Phi) is 6.83.